The van der Waals surface area contributed by atoms with Gasteiger partial charge in [-0.15, -0.1) is 0 Å². The minimum Gasteiger partial charge on any atom is -0.493 e. The lowest BCUT2D eigenvalue weighted by Crippen LogP contribution is -2.31. The number of rotatable bonds is 35. The number of hydrogen-bond donors (Lipinski definition) is 8. The van der Waals surface area contributed by atoms with Crippen molar-refractivity contribution in [2.24, 2.45) is 5.73 Å². The number of halogens is 2. The van der Waals surface area contributed by atoms with Gasteiger partial charge in [-0.25, -0.2) is 0 Å². The van der Waals surface area contributed by atoms with Crippen LogP contribution in [0.25, 0.3) is 66.3 Å². The van der Waals surface area contributed by atoms with E-state index in [4.69, 9.17) is 73.0 Å². The van der Waals surface area contributed by atoms with Gasteiger partial charge >= 0.3 is 17.9 Å². The van der Waals surface area contributed by atoms with E-state index in [0.717, 1.165) is 117 Å². The lowest BCUT2D eigenvalue weighted by atomic mass is 9.89. The molecule has 0 bridgehead atoms. The maximum Gasteiger partial charge on any atom is 0.306 e. The van der Waals surface area contributed by atoms with E-state index in [0.29, 0.717) is 94.4 Å². The van der Waals surface area contributed by atoms with Crippen molar-refractivity contribution in [3.05, 3.63) is 254 Å². The van der Waals surface area contributed by atoms with Crippen molar-refractivity contribution in [2.45, 2.75) is 124 Å². The van der Waals surface area contributed by atoms with Crippen LogP contribution in [0.4, 0.5) is 0 Å². The third-order valence-corrected chi connectivity index (χ3v) is 20.0. The molecule has 0 aliphatic carbocycles. The van der Waals surface area contributed by atoms with Crippen molar-refractivity contribution in [3.63, 3.8) is 0 Å². The van der Waals surface area contributed by atoms with Crippen LogP contribution in [0.15, 0.2) is 183 Å². The van der Waals surface area contributed by atoms with Crippen LogP contribution in [0.3, 0.4) is 0 Å². The van der Waals surface area contributed by atoms with E-state index in [1.807, 2.05) is 41.2 Å². The zero-order valence-electron chi connectivity index (χ0n) is 64.5. The Balaban J connectivity index is 0.000000229. The molecule has 0 saturated carbocycles. The van der Waals surface area contributed by atoms with Crippen LogP contribution in [-0.2, 0) is 65.1 Å². The number of nitrogens with zero attached hydrogens (tertiary/aromatic N) is 8. The van der Waals surface area contributed by atoms with Gasteiger partial charge in [-0.1, -0.05) is 108 Å². The first kappa shape index (κ1) is 85.9. The number of nitrogens with two attached hydrogens (primary N) is 1. The third kappa shape index (κ3) is 22.9. The first-order chi connectivity index (χ1) is 55.9. The molecule has 12 aromatic rings. The molecule has 25 nitrogen and oxygen atoms in total. The molecular weight excluding hydrogens is 1520 g/mol. The zero-order chi connectivity index (χ0) is 83.0. The van der Waals surface area contributed by atoms with Gasteiger partial charge in [0.1, 0.15) is 62.1 Å². The Labute approximate surface area is 680 Å². The summed E-state index contributed by atoms with van der Waals surface area (Å²) in [5.74, 6) is -0.800. The third-order valence-electron chi connectivity index (χ3n) is 19.4. The predicted octanol–water partition coefficient (Wildman–Crippen LogP) is 14.7. The van der Waals surface area contributed by atoms with E-state index in [-0.39, 0.29) is 58.7 Å². The number of nitriles is 2. The Kier molecular flexibility index (Phi) is 30.7. The van der Waals surface area contributed by atoms with Gasteiger partial charge in [0.2, 0.25) is 0 Å². The zero-order valence-corrected chi connectivity index (χ0v) is 66.0. The number of nitrogens with one attached hydrogen (secondary N) is 1. The van der Waals surface area contributed by atoms with Gasteiger partial charge in [0.25, 0.3) is 0 Å². The van der Waals surface area contributed by atoms with Crippen molar-refractivity contribution >= 4 is 69.2 Å². The van der Waals surface area contributed by atoms with Crippen LogP contribution < -0.4 is 34.7 Å². The van der Waals surface area contributed by atoms with Gasteiger partial charge in [0, 0.05) is 84.5 Å². The molecule has 116 heavy (non-hydrogen) atoms. The van der Waals surface area contributed by atoms with Crippen LogP contribution in [0, 0.1) is 50.4 Å². The molecule has 0 amide bonds. The number of aliphatic hydroxyl groups excluding tert-OH is 3. The van der Waals surface area contributed by atoms with Crippen molar-refractivity contribution in [3.8, 4) is 85.4 Å². The minimum absolute atomic E-state index is 0.00625. The van der Waals surface area contributed by atoms with E-state index in [9.17, 15) is 39.9 Å². The van der Waals surface area contributed by atoms with Gasteiger partial charge in [0.05, 0.1) is 102 Å². The van der Waals surface area contributed by atoms with E-state index in [1.165, 1.54) is 12.4 Å². The number of fused-ring (bicyclic) bond motifs is 2. The molecule has 0 aliphatic rings. The lowest BCUT2D eigenvalue weighted by molar-refractivity contribution is -0.140. The van der Waals surface area contributed by atoms with Crippen molar-refractivity contribution in [2.75, 3.05) is 26.7 Å². The molecule has 0 aliphatic heterocycles. The summed E-state index contributed by atoms with van der Waals surface area (Å²) in [6.45, 7) is 10.8. The van der Waals surface area contributed by atoms with Crippen LogP contribution in [-0.4, -0.2) is 129 Å². The van der Waals surface area contributed by atoms with E-state index >= 15 is 0 Å². The second kappa shape index (κ2) is 41.5. The predicted molar refractivity (Wildman–Crippen MR) is 441 cm³/mol. The number of carboxylic acids is 3. The largest absolute Gasteiger partial charge is 0.493 e. The molecule has 4 heterocycles. The molecule has 8 aromatic carbocycles. The summed E-state index contributed by atoms with van der Waals surface area (Å²) in [4.78, 5) is 50.9. The molecular formula is C89H88Cl2N10O15. The summed E-state index contributed by atoms with van der Waals surface area (Å²) in [6.07, 6.45) is 8.31. The number of methoxy groups -OCH3 is 1. The summed E-state index contributed by atoms with van der Waals surface area (Å²) in [5, 5.41) is 87.6. The van der Waals surface area contributed by atoms with Crippen LogP contribution in [0.5, 0.6) is 28.7 Å². The summed E-state index contributed by atoms with van der Waals surface area (Å²) >= 11 is 13.4. The molecule has 4 aromatic heterocycles. The molecule has 9 N–H and O–H groups in total. The molecule has 27 heteroatoms. The summed E-state index contributed by atoms with van der Waals surface area (Å²) in [7, 11) is 1.55. The maximum absolute atomic E-state index is 11.0. The summed E-state index contributed by atoms with van der Waals surface area (Å²) in [6, 6.07) is 51.9. The van der Waals surface area contributed by atoms with E-state index < -0.39 is 36.2 Å². The smallest absolute Gasteiger partial charge is 0.306 e. The number of carbonyl (C=O) groups is 4. The van der Waals surface area contributed by atoms with Gasteiger partial charge in [-0.3, -0.25) is 33.7 Å². The number of aliphatic carboxylic acids is 3. The fourth-order valence-corrected chi connectivity index (χ4v) is 13.7. The molecule has 12 rings (SSSR count). The summed E-state index contributed by atoms with van der Waals surface area (Å²) < 4.78 is 34.0. The topological polar surface area (TPSA) is 383 Å². The Hall–Kier alpha value is -12.6. The number of ether oxygens (including phenoxy) is 5. The normalized spacial score (nSPS) is 11.7. The molecule has 3 atom stereocenters. The second-order valence-corrected chi connectivity index (χ2v) is 28.3. The average molecular weight is 1610 g/mol. The fourth-order valence-electron chi connectivity index (χ4n) is 13.3. The molecule has 0 unspecified atom stereocenters. The maximum atomic E-state index is 11.0. The Morgan fingerprint density at radius 1 is 0.517 bits per heavy atom. The number of carbonyl (C=O) groups excluding carboxylic acids is 1. The van der Waals surface area contributed by atoms with Crippen molar-refractivity contribution in [1.29, 1.82) is 10.5 Å². The summed E-state index contributed by atoms with van der Waals surface area (Å²) in [5.41, 5.74) is 25.1. The Morgan fingerprint density at radius 3 is 1.47 bits per heavy atom. The molecule has 598 valence electrons. The van der Waals surface area contributed by atoms with E-state index in [1.54, 1.807) is 66.8 Å². The standard InChI is InChI=1S/C47H48ClN5O8.C38H31ClN4O4.C4H9NO3/c1-29-35(28-61-45-21-44(60-27-32-16-31(22-49)23-51-24-32)34(18-42(45)48)6-3-8-37(54)19-46(56)57)7-4-10-40(29)41-11-5-9-39(30(41)2)33-12-13-43-36(17-33)25-52-53(43)15-14-50-26-38(55)20-47(58)59;1-24-29(23-47-36-17-38(37(45-3)16-34(36)39)46-22-27-14-26(18-40)19-41-20-27)6-4-8-32(24)33-9-5-7-31(25(33)2)28-10-11-35-30(15-28)21-42-43(35)12-13-44;5-2-3(6)1-4(7)8/h4-5,7,9-13,16-18,21,23-25,37-38,50,54-55H,3,6,8,14-15,19-20,26-28H2,1-2H3,(H,56,57)(H,58,59);4-11,13-17,19-21H,12,22-23H2,1-3H3;3,6H,1-2,5H2,(H,7,8)/t37-,38+;;3-/m1.0/s1. The number of aromatic nitrogens is 6. The minimum atomic E-state index is -1.06. The number of aliphatic hydroxyl groups is 3. The van der Waals surface area contributed by atoms with Gasteiger partial charge in [0.15, 0.2) is 11.5 Å². The van der Waals surface area contributed by atoms with Gasteiger partial charge in [-0.2, -0.15) is 20.7 Å². The number of hydrogen-bond acceptors (Lipinski definition) is 20. The Bertz CT molecular complexity index is 5580. The highest BCUT2D eigenvalue weighted by atomic mass is 35.5. The molecule has 0 fully saturated rings. The number of aryl methyl sites for hydroxylation is 1. The highest BCUT2D eigenvalue weighted by Gasteiger charge is 2.21. The first-order valence-electron chi connectivity index (χ1n) is 37.2. The van der Waals surface area contributed by atoms with Crippen LogP contribution >= 0.6 is 23.2 Å². The lowest BCUT2D eigenvalue weighted by Gasteiger charge is -2.18. The quantitative estimate of drug-likeness (QED) is 0.0135. The number of aldehydes is 1. The van der Waals surface area contributed by atoms with Crippen molar-refractivity contribution < 1.29 is 73.5 Å². The molecule has 0 radical (unpaired) electrons. The highest BCUT2D eigenvalue weighted by Crippen LogP contribution is 2.42. The molecule has 0 saturated heterocycles. The average Bonchev–Trinajstić information content (AvgIpc) is 1.36. The highest BCUT2D eigenvalue weighted by molar-refractivity contribution is 6.32. The van der Waals surface area contributed by atoms with Crippen LogP contribution in [0.2, 0.25) is 10.0 Å². The number of carboxylic acid groups (broad SMARTS) is 3. The SMILES string of the molecule is COc1cc(Cl)c(OCc2cccc(-c3cccc(-c4ccc5c(cnn5CC=O)c4)c3C)c2C)cc1OCc1cncc(C#N)c1.Cc1c(COc2cc(OCc3cncc(C#N)c3)c(CCC[C@@H](O)CC(=O)O)cc2Cl)cccc1-c1cccc(-c2ccc3c(cnn3CCNC[C@@H](O)CC(=O)O)c2)c1C.NC[C@@H](O)CC(=O)O. The fraction of sp³-hybridized carbons (Fsp3) is 0.258. The first-order valence-corrected chi connectivity index (χ1v) is 37.9. The molecule has 0 spiro atoms. The van der Waals surface area contributed by atoms with Gasteiger partial charge < -0.3 is 70.2 Å². The number of benzene rings is 8. The van der Waals surface area contributed by atoms with Gasteiger partial charge in [-0.05, 0) is 173 Å². The second-order valence-electron chi connectivity index (χ2n) is 27.5. The monoisotopic (exact) mass is 1610 g/mol. The Morgan fingerprint density at radius 2 is 0.974 bits per heavy atom. The van der Waals surface area contributed by atoms with E-state index in [2.05, 4.69) is 144 Å². The number of pyridine rings is 2. The van der Waals surface area contributed by atoms with Crippen molar-refractivity contribution in [1.82, 2.24) is 34.8 Å². The van der Waals surface area contributed by atoms with Crippen LogP contribution in [0.1, 0.15) is 93.3 Å².